The molecule has 0 aliphatic heterocycles. The van der Waals surface area contributed by atoms with Gasteiger partial charge in [-0.1, -0.05) is 37.3 Å². The first-order chi connectivity index (χ1) is 8.59. The van der Waals surface area contributed by atoms with Gasteiger partial charge < -0.3 is 4.74 Å². The van der Waals surface area contributed by atoms with Crippen molar-refractivity contribution in [1.29, 1.82) is 0 Å². The highest BCUT2D eigenvalue weighted by molar-refractivity contribution is 5.83. The van der Waals surface area contributed by atoms with Crippen molar-refractivity contribution >= 4 is 11.8 Å². The zero-order chi connectivity index (χ0) is 13.1. The van der Waals surface area contributed by atoms with E-state index in [1.165, 1.54) is 0 Å². The second-order valence-corrected chi connectivity index (χ2v) is 5.01. The summed E-state index contributed by atoms with van der Waals surface area (Å²) < 4.78 is 5.21. The van der Waals surface area contributed by atoms with Gasteiger partial charge in [-0.25, -0.2) is 0 Å². The highest BCUT2D eigenvalue weighted by Crippen LogP contribution is 2.48. The van der Waals surface area contributed by atoms with Crippen LogP contribution < -0.4 is 0 Å². The minimum absolute atomic E-state index is 0.0641. The molecule has 1 aliphatic rings. The van der Waals surface area contributed by atoms with E-state index in [1.807, 2.05) is 37.3 Å². The van der Waals surface area contributed by atoms with Crippen LogP contribution in [0.1, 0.15) is 25.8 Å². The molecule has 1 aromatic carbocycles. The Hall–Kier alpha value is -1.64. The Bertz CT molecular complexity index is 438. The summed E-state index contributed by atoms with van der Waals surface area (Å²) in [7, 11) is 0. The Morgan fingerprint density at radius 1 is 1.22 bits per heavy atom. The second-order valence-electron chi connectivity index (χ2n) is 5.01. The van der Waals surface area contributed by atoms with Crippen LogP contribution in [0.2, 0.25) is 0 Å². The van der Waals surface area contributed by atoms with E-state index in [-0.39, 0.29) is 23.6 Å². The number of hydrogen-bond donors (Lipinski definition) is 0. The van der Waals surface area contributed by atoms with E-state index < -0.39 is 0 Å². The van der Waals surface area contributed by atoms with Crippen LogP contribution >= 0.6 is 0 Å². The van der Waals surface area contributed by atoms with Crippen LogP contribution in [-0.2, 0) is 20.9 Å². The first-order valence-corrected chi connectivity index (χ1v) is 6.29. The van der Waals surface area contributed by atoms with Crippen LogP contribution in [0.25, 0.3) is 0 Å². The van der Waals surface area contributed by atoms with Crippen molar-refractivity contribution in [3.63, 3.8) is 0 Å². The molecule has 0 amide bonds. The maximum atomic E-state index is 11.6. The highest BCUT2D eigenvalue weighted by atomic mass is 16.5. The number of hydrogen-bond acceptors (Lipinski definition) is 3. The third kappa shape index (κ3) is 2.97. The number of Topliss-reactive ketones (excluding diaryl/α,β-unsaturated/α-hetero) is 1. The SMILES string of the molecule is CC(=O)[C@@H]1[C@H](C)[C@@H]1CC(=O)OCc1ccccc1. The topological polar surface area (TPSA) is 43.4 Å². The fourth-order valence-corrected chi connectivity index (χ4v) is 2.52. The van der Waals surface area contributed by atoms with Crippen LogP contribution in [-0.4, -0.2) is 11.8 Å². The monoisotopic (exact) mass is 246 g/mol. The Morgan fingerprint density at radius 2 is 1.89 bits per heavy atom. The summed E-state index contributed by atoms with van der Waals surface area (Å²) >= 11 is 0. The molecular formula is C15H18O3. The summed E-state index contributed by atoms with van der Waals surface area (Å²) in [5, 5.41) is 0. The molecule has 0 aromatic heterocycles. The second kappa shape index (κ2) is 5.34. The predicted molar refractivity (Wildman–Crippen MR) is 67.7 cm³/mol. The lowest BCUT2D eigenvalue weighted by molar-refractivity contribution is -0.145. The first kappa shape index (κ1) is 12.8. The van der Waals surface area contributed by atoms with Gasteiger partial charge in [0.25, 0.3) is 0 Å². The van der Waals surface area contributed by atoms with E-state index in [1.54, 1.807) is 6.92 Å². The van der Waals surface area contributed by atoms with E-state index in [9.17, 15) is 9.59 Å². The van der Waals surface area contributed by atoms with Crippen LogP contribution in [0.5, 0.6) is 0 Å². The number of esters is 1. The maximum absolute atomic E-state index is 11.6. The number of ketones is 1. The van der Waals surface area contributed by atoms with Gasteiger partial charge in [-0.3, -0.25) is 9.59 Å². The lowest BCUT2D eigenvalue weighted by atomic mass is 10.2. The number of carbonyl (C=O) groups excluding carboxylic acids is 2. The summed E-state index contributed by atoms with van der Waals surface area (Å²) in [4.78, 5) is 22.9. The summed E-state index contributed by atoms with van der Waals surface area (Å²) in [6.07, 6.45) is 0.359. The Labute approximate surface area is 107 Å². The molecule has 1 aromatic rings. The summed E-state index contributed by atoms with van der Waals surface area (Å²) in [5.74, 6) is 0.551. The zero-order valence-electron chi connectivity index (χ0n) is 10.8. The van der Waals surface area contributed by atoms with Gasteiger partial charge in [-0.05, 0) is 24.3 Å². The third-order valence-corrected chi connectivity index (χ3v) is 3.68. The number of benzene rings is 1. The van der Waals surface area contributed by atoms with Gasteiger partial charge in [0, 0.05) is 12.3 Å². The smallest absolute Gasteiger partial charge is 0.306 e. The minimum atomic E-state index is -0.209. The molecule has 3 nitrogen and oxygen atoms in total. The van der Waals surface area contributed by atoms with Crippen molar-refractivity contribution in [3.8, 4) is 0 Å². The molecule has 18 heavy (non-hydrogen) atoms. The average molecular weight is 246 g/mol. The number of ether oxygens (including phenoxy) is 1. The van der Waals surface area contributed by atoms with E-state index >= 15 is 0 Å². The fraction of sp³-hybridized carbons (Fsp3) is 0.467. The number of carbonyl (C=O) groups is 2. The molecule has 0 heterocycles. The fourth-order valence-electron chi connectivity index (χ4n) is 2.52. The lowest BCUT2D eigenvalue weighted by Gasteiger charge is -2.04. The molecule has 0 spiro atoms. The van der Waals surface area contributed by atoms with E-state index in [0.717, 1.165) is 5.56 Å². The van der Waals surface area contributed by atoms with Crippen molar-refractivity contribution in [2.45, 2.75) is 26.9 Å². The molecule has 0 bridgehead atoms. The van der Waals surface area contributed by atoms with Crippen LogP contribution in [0.3, 0.4) is 0 Å². The first-order valence-electron chi connectivity index (χ1n) is 6.29. The standard InChI is InChI=1S/C15H18O3/c1-10-13(15(10)11(2)16)8-14(17)18-9-12-6-4-3-5-7-12/h3-7,10,13,15H,8-9H2,1-2H3/t10-,13+,15+/m1/s1. The molecule has 3 atom stereocenters. The molecule has 0 radical (unpaired) electrons. The third-order valence-electron chi connectivity index (χ3n) is 3.68. The van der Waals surface area contributed by atoms with Gasteiger partial charge in [-0.2, -0.15) is 0 Å². The summed E-state index contributed by atoms with van der Waals surface area (Å²) in [5.41, 5.74) is 0.984. The Balaban J connectivity index is 1.75. The van der Waals surface area contributed by atoms with Crippen molar-refractivity contribution < 1.29 is 14.3 Å². The summed E-state index contributed by atoms with van der Waals surface area (Å²) in [6, 6.07) is 9.60. The molecule has 2 rings (SSSR count). The molecule has 3 heteroatoms. The van der Waals surface area contributed by atoms with E-state index in [4.69, 9.17) is 4.74 Å². The molecule has 1 aliphatic carbocycles. The van der Waals surface area contributed by atoms with Gasteiger partial charge >= 0.3 is 5.97 Å². The molecular weight excluding hydrogens is 228 g/mol. The van der Waals surface area contributed by atoms with Gasteiger partial charge in [0.05, 0.1) is 0 Å². The quantitative estimate of drug-likeness (QED) is 0.750. The zero-order valence-corrected chi connectivity index (χ0v) is 10.8. The minimum Gasteiger partial charge on any atom is -0.461 e. The largest absolute Gasteiger partial charge is 0.461 e. The van der Waals surface area contributed by atoms with Gasteiger partial charge in [-0.15, -0.1) is 0 Å². The molecule has 1 fully saturated rings. The molecule has 0 unspecified atom stereocenters. The average Bonchev–Trinajstić information content (AvgIpc) is 2.98. The molecule has 96 valence electrons. The Morgan fingerprint density at radius 3 is 2.44 bits per heavy atom. The number of rotatable bonds is 5. The Kier molecular flexibility index (Phi) is 3.80. The van der Waals surface area contributed by atoms with Crippen LogP contribution in [0, 0.1) is 17.8 Å². The molecule has 0 N–H and O–H groups in total. The van der Waals surface area contributed by atoms with Crippen molar-refractivity contribution in [2.24, 2.45) is 17.8 Å². The summed E-state index contributed by atoms with van der Waals surface area (Å²) in [6.45, 7) is 3.92. The predicted octanol–water partition coefficient (Wildman–Crippen LogP) is 2.59. The van der Waals surface area contributed by atoms with Gasteiger partial charge in [0.15, 0.2) is 0 Å². The normalized spacial score (nSPS) is 25.6. The van der Waals surface area contributed by atoms with Gasteiger partial charge in [0.1, 0.15) is 12.4 Å². The van der Waals surface area contributed by atoms with Crippen LogP contribution in [0.4, 0.5) is 0 Å². The van der Waals surface area contributed by atoms with E-state index in [2.05, 4.69) is 0 Å². The lowest BCUT2D eigenvalue weighted by Crippen LogP contribution is -2.07. The highest BCUT2D eigenvalue weighted by Gasteiger charge is 2.50. The van der Waals surface area contributed by atoms with Crippen molar-refractivity contribution in [3.05, 3.63) is 35.9 Å². The molecule has 1 saturated carbocycles. The maximum Gasteiger partial charge on any atom is 0.306 e. The van der Waals surface area contributed by atoms with Gasteiger partial charge in [0.2, 0.25) is 0 Å². The molecule has 0 saturated heterocycles. The van der Waals surface area contributed by atoms with E-state index in [0.29, 0.717) is 18.9 Å². The van der Waals surface area contributed by atoms with Crippen LogP contribution in [0.15, 0.2) is 30.3 Å². The van der Waals surface area contributed by atoms with Crippen molar-refractivity contribution in [2.75, 3.05) is 0 Å². The van der Waals surface area contributed by atoms with Crippen molar-refractivity contribution in [1.82, 2.24) is 0 Å².